The van der Waals surface area contributed by atoms with E-state index in [1.54, 1.807) is 0 Å². The van der Waals surface area contributed by atoms with E-state index in [4.69, 9.17) is 5.73 Å². The van der Waals surface area contributed by atoms with Gasteiger partial charge in [-0.15, -0.1) is 0 Å². The first-order chi connectivity index (χ1) is 7.26. The van der Waals surface area contributed by atoms with Gasteiger partial charge in [0.25, 0.3) is 0 Å². The van der Waals surface area contributed by atoms with Gasteiger partial charge in [0.1, 0.15) is 10.3 Å². The fourth-order valence-electron chi connectivity index (χ4n) is 1.65. The lowest BCUT2D eigenvalue weighted by molar-refractivity contribution is 0.947. The van der Waals surface area contributed by atoms with Gasteiger partial charge in [0.2, 0.25) is 0 Å². The molecule has 0 aliphatic carbocycles. The van der Waals surface area contributed by atoms with Gasteiger partial charge in [0, 0.05) is 6.20 Å². The average Bonchev–Trinajstić information content (AvgIpc) is 2.56. The highest BCUT2D eigenvalue weighted by Gasteiger charge is 2.07. The second-order valence-corrected chi connectivity index (χ2v) is 4.26. The van der Waals surface area contributed by atoms with Gasteiger partial charge in [-0.3, -0.25) is 4.40 Å². The van der Waals surface area contributed by atoms with Crippen LogP contribution in [0.2, 0.25) is 0 Å². The molecular weight excluding hydrogens is 254 g/mol. The molecule has 2 N–H and O–H groups in total. The summed E-state index contributed by atoms with van der Waals surface area (Å²) in [6.45, 7) is 2.78. The number of hydrogen-bond donors (Lipinski definition) is 1. The van der Waals surface area contributed by atoms with E-state index in [1.165, 1.54) is 5.56 Å². The van der Waals surface area contributed by atoms with Gasteiger partial charge in [0.05, 0.1) is 5.69 Å². The Bertz CT molecular complexity index is 476. The first-order valence-electron chi connectivity index (χ1n) is 5.11. The second kappa shape index (κ2) is 4.33. The predicted molar refractivity (Wildman–Crippen MR) is 65.0 cm³/mol. The molecule has 3 nitrogen and oxygen atoms in total. The molecule has 0 aliphatic heterocycles. The molecule has 0 unspecified atom stereocenters. The first-order valence-corrected chi connectivity index (χ1v) is 5.91. The minimum absolute atomic E-state index is 0.679. The molecule has 4 heteroatoms. The van der Waals surface area contributed by atoms with E-state index < -0.39 is 0 Å². The van der Waals surface area contributed by atoms with Gasteiger partial charge in [-0.05, 0) is 46.9 Å². The van der Waals surface area contributed by atoms with E-state index in [9.17, 15) is 0 Å². The third-order valence-electron chi connectivity index (χ3n) is 2.46. The second-order valence-electron chi connectivity index (χ2n) is 3.51. The van der Waals surface area contributed by atoms with Crippen LogP contribution in [0, 0.1) is 0 Å². The molecule has 0 spiro atoms. The third kappa shape index (κ3) is 1.92. The van der Waals surface area contributed by atoms with Crippen molar-refractivity contribution >= 4 is 21.6 Å². The number of halogens is 1. The maximum atomic E-state index is 5.54. The Labute approximate surface area is 97.4 Å². The summed E-state index contributed by atoms with van der Waals surface area (Å²) < 4.78 is 3.13. The van der Waals surface area contributed by atoms with Gasteiger partial charge < -0.3 is 5.73 Å². The molecule has 0 atom stereocenters. The average molecular weight is 268 g/mol. The zero-order valence-corrected chi connectivity index (χ0v) is 10.3. The van der Waals surface area contributed by atoms with Gasteiger partial charge in [-0.2, -0.15) is 0 Å². The monoisotopic (exact) mass is 267 g/mol. The Morgan fingerprint density at radius 2 is 2.27 bits per heavy atom. The standard InChI is InChI=1S/C11H14BrN3/c1-2-9-11(12)15-7-8(5-6-13)3-4-10(15)14-9/h3-4,7H,2,5-6,13H2,1H3. The molecule has 2 aromatic rings. The summed E-state index contributed by atoms with van der Waals surface area (Å²) >= 11 is 3.57. The normalized spacial score (nSPS) is 11.1. The zero-order valence-electron chi connectivity index (χ0n) is 8.70. The molecule has 0 saturated carbocycles. The molecular formula is C11H14BrN3. The molecule has 0 amide bonds. The maximum Gasteiger partial charge on any atom is 0.137 e. The predicted octanol–water partition coefficient (Wildman–Crippen LogP) is 2.16. The molecule has 0 radical (unpaired) electrons. The van der Waals surface area contributed by atoms with Crippen LogP contribution in [0.3, 0.4) is 0 Å². The van der Waals surface area contributed by atoms with Gasteiger partial charge in [0.15, 0.2) is 0 Å². The van der Waals surface area contributed by atoms with E-state index >= 15 is 0 Å². The Kier molecular flexibility index (Phi) is 3.07. The summed E-state index contributed by atoms with van der Waals surface area (Å²) in [5.74, 6) is 0. The summed E-state index contributed by atoms with van der Waals surface area (Å²) in [4.78, 5) is 4.52. The van der Waals surface area contributed by atoms with Crippen LogP contribution in [0.1, 0.15) is 18.2 Å². The molecule has 80 valence electrons. The molecule has 2 heterocycles. The minimum atomic E-state index is 0.679. The first kappa shape index (κ1) is 10.6. The SMILES string of the molecule is CCc1nc2ccc(CCN)cn2c1Br. The summed E-state index contributed by atoms with van der Waals surface area (Å²) in [7, 11) is 0. The van der Waals surface area contributed by atoms with E-state index in [2.05, 4.69) is 44.5 Å². The number of rotatable bonds is 3. The number of nitrogens with two attached hydrogens (primary N) is 1. The number of imidazole rings is 1. The summed E-state index contributed by atoms with van der Waals surface area (Å²) in [5, 5.41) is 0. The summed E-state index contributed by atoms with van der Waals surface area (Å²) in [5.41, 5.74) is 8.86. The van der Waals surface area contributed by atoms with E-state index in [-0.39, 0.29) is 0 Å². The van der Waals surface area contributed by atoms with Crippen LogP contribution in [0.15, 0.2) is 22.9 Å². The van der Waals surface area contributed by atoms with E-state index in [0.717, 1.165) is 28.8 Å². The van der Waals surface area contributed by atoms with Crippen molar-refractivity contribution in [2.75, 3.05) is 6.54 Å². The number of fused-ring (bicyclic) bond motifs is 1. The van der Waals surface area contributed by atoms with Crippen molar-refractivity contribution in [1.29, 1.82) is 0 Å². The number of aromatic nitrogens is 2. The minimum Gasteiger partial charge on any atom is -0.330 e. The van der Waals surface area contributed by atoms with Crippen molar-refractivity contribution in [3.63, 3.8) is 0 Å². The lowest BCUT2D eigenvalue weighted by Gasteiger charge is -2.00. The van der Waals surface area contributed by atoms with E-state index in [0.29, 0.717) is 6.54 Å². The lowest BCUT2D eigenvalue weighted by Crippen LogP contribution is -2.03. The zero-order chi connectivity index (χ0) is 10.8. The lowest BCUT2D eigenvalue weighted by atomic mass is 10.2. The summed E-state index contributed by atoms with van der Waals surface area (Å²) in [6, 6.07) is 4.12. The number of aryl methyl sites for hydroxylation is 1. The number of hydrogen-bond acceptors (Lipinski definition) is 2. The third-order valence-corrected chi connectivity index (χ3v) is 3.30. The van der Waals surface area contributed by atoms with Gasteiger partial charge >= 0.3 is 0 Å². The van der Waals surface area contributed by atoms with Crippen molar-refractivity contribution in [1.82, 2.24) is 9.38 Å². The Morgan fingerprint density at radius 1 is 1.47 bits per heavy atom. The topological polar surface area (TPSA) is 43.3 Å². The van der Waals surface area contributed by atoms with Crippen LogP contribution in [-0.2, 0) is 12.8 Å². The van der Waals surface area contributed by atoms with Gasteiger partial charge in [-0.1, -0.05) is 13.0 Å². The van der Waals surface area contributed by atoms with E-state index in [1.807, 2.05) is 6.07 Å². The Morgan fingerprint density at radius 3 is 2.93 bits per heavy atom. The van der Waals surface area contributed by atoms with Crippen molar-refractivity contribution in [2.24, 2.45) is 5.73 Å². The van der Waals surface area contributed by atoms with Crippen LogP contribution in [0.25, 0.3) is 5.65 Å². The van der Waals surface area contributed by atoms with Gasteiger partial charge in [-0.25, -0.2) is 4.98 Å². The van der Waals surface area contributed by atoms with Crippen LogP contribution in [0.4, 0.5) is 0 Å². The number of nitrogens with zero attached hydrogens (tertiary/aromatic N) is 2. The van der Waals surface area contributed by atoms with Crippen LogP contribution in [0.5, 0.6) is 0 Å². The smallest absolute Gasteiger partial charge is 0.137 e. The highest BCUT2D eigenvalue weighted by molar-refractivity contribution is 9.10. The Balaban J connectivity index is 2.54. The number of pyridine rings is 1. The van der Waals surface area contributed by atoms with Crippen molar-refractivity contribution < 1.29 is 0 Å². The largest absolute Gasteiger partial charge is 0.330 e. The highest BCUT2D eigenvalue weighted by atomic mass is 79.9. The Hall–Kier alpha value is -0.870. The molecule has 0 bridgehead atoms. The van der Waals surface area contributed by atoms with Crippen molar-refractivity contribution in [3.8, 4) is 0 Å². The van der Waals surface area contributed by atoms with Crippen molar-refractivity contribution in [2.45, 2.75) is 19.8 Å². The van der Waals surface area contributed by atoms with Crippen LogP contribution in [-0.4, -0.2) is 15.9 Å². The molecule has 0 aliphatic rings. The van der Waals surface area contributed by atoms with Crippen molar-refractivity contribution in [3.05, 3.63) is 34.2 Å². The fraction of sp³-hybridized carbons (Fsp3) is 0.364. The molecule has 15 heavy (non-hydrogen) atoms. The molecule has 0 aromatic carbocycles. The fourth-order valence-corrected chi connectivity index (χ4v) is 2.30. The van der Waals surface area contributed by atoms with Crippen LogP contribution < -0.4 is 5.73 Å². The summed E-state index contributed by atoms with van der Waals surface area (Å²) in [6.07, 6.45) is 3.94. The highest BCUT2D eigenvalue weighted by Crippen LogP contribution is 2.20. The maximum absolute atomic E-state index is 5.54. The molecule has 0 saturated heterocycles. The quantitative estimate of drug-likeness (QED) is 0.927. The molecule has 0 fully saturated rings. The van der Waals surface area contributed by atoms with Crippen LogP contribution >= 0.6 is 15.9 Å². The molecule has 2 rings (SSSR count). The molecule has 2 aromatic heterocycles.